The number of carbonyl (C=O) groups excluding carboxylic acids is 3. The number of aromatic nitrogens is 1. The Morgan fingerprint density at radius 2 is 1.67 bits per heavy atom. The number of aromatic amines is 1. The van der Waals surface area contributed by atoms with E-state index in [0.717, 1.165) is 34.0 Å². The van der Waals surface area contributed by atoms with Crippen molar-refractivity contribution >= 4 is 28.6 Å². The molecule has 4 atom stereocenters. The molecule has 2 fully saturated rings. The third-order valence-corrected chi connectivity index (χ3v) is 8.71. The van der Waals surface area contributed by atoms with Crippen molar-refractivity contribution in [1.82, 2.24) is 20.5 Å². The topological polar surface area (TPSA) is 94.3 Å². The predicted molar refractivity (Wildman–Crippen MR) is 174 cm³/mol. The zero-order chi connectivity index (χ0) is 30.0. The molecule has 43 heavy (non-hydrogen) atoms. The van der Waals surface area contributed by atoms with E-state index in [2.05, 4.69) is 22.5 Å². The van der Waals surface area contributed by atoms with Crippen molar-refractivity contribution in [2.45, 2.75) is 60.0 Å². The molecule has 4 aromatic rings. The van der Waals surface area contributed by atoms with Gasteiger partial charge in [0.2, 0.25) is 5.91 Å². The zero-order valence-electron chi connectivity index (χ0n) is 25.0. The summed E-state index contributed by atoms with van der Waals surface area (Å²) in [5.41, 5.74) is 4.49. The number of H-pyrrole nitrogens is 1. The second kappa shape index (κ2) is 12.9. The average Bonchev–Trinajstić information content (AvgIpc) is 3.57. The summed E-state index contributed by atoms with van der Waals surface area (Å²) in [4.78, 5) is 44.9. The van der Waals surface area contributed by atoms with Crippen LogP contribution in [0.5, 0.6) is 0 Å². The van der Waals surface area contributed by atoms with Crippen LogP contribution in [0.15, 0.2) is 78.9 Å². The molecule has 2 unspecified atom stereocenters. The van der Waals surface area contributed by atoms with Gasteiger partial charge in [-0.05, 0) is 73.9 Å². The lowest BCUT2D eigenvalue weighted by Crippen LogP contribution is -2.57. The van der Waals surface area contributed by atoms with Crippen LogP contribution in [0.3, 0.4) is 0 Å². The molecule has 0 bridgehead atoms. The maximum absolute atomic E-state index is 13.9. The van der Waals surface area contributed by atoms with E-state index < -0.39 is 11.6 Å². The van der Waals surface area contributed by atoms with Crippen LogP contribution in [0.1, 0.15) is 68.0 Å². The number of nitrogens with one attached hydrogen (secondary N) is 3. The van der Waals surface area contributed by atoms with Crippen LogP contribution in [0, 0.1) is 18.8 Å². The number of rotatable bonds is 7. The normalized spacial score (nSPS) is 20.6. The molecule has 1 saturated carbocycles. The number of likely N-dealkylation sites (tertiary alicyclic amines) is 1. The van der Waals surface area contributed by atoms with E-state index in [4.69, 9.17) is 0 Å². The largest absolute Gasteiger partial charge is 0.352 e. The van der Waals surface area contributed by atoms with Crippen molar-refractivity contribution in [3.05, 3.63) is 95.7 Å². The summed E-state index contributed by atoms with van der Waals surface area (Å²) in [6.07, 6.45) is 1.06. The Balaban J connectivity index is 0.00000138. The highest BCUT2D eigenvalue weighted by atomic mass is 16.2. The lowest BCUT2D eigenvalue weighted by atomic mass is 9.93. The van der Waals surface area contributed by atoms with E-state index in [9.17, 15) is 14.4 Å². The molecule has 2 heterocycles. The van der Waals surface area contributed by atoms with Crippen LogP contribution < -0.4 is 10.6 Å². The van der Waals surface area contributed by atoms with Gasteiger partial charge in [-0.15, -0.1) is 0 Å². The number of aryl methyl sites for hydroxylation is 1. The van der Waals surface area contributed by atoms with Crippen LogP contribution in [-0.4, -0.2) is 52.3 Å². The van der Waals surface area contributed by atoms with Crippen LogP contribution >= 0.6 is 0 Å². The molecule has 1 aliphatic heterocycles. The first kappa shape index (κ1) is 31.5. The van der Waals surface area contributed by atoms with E-state index in [1.165, 1.54) is 0 Å². The Labute approximate surface area is 255 Å². The molecule has 6 rings (SSSR count). The monoisotopic (exact) mass is 580 g/mol. The van der Waals surface area contributed by atoms with Crippen molar-refractivity contribution in [3.63, 3.8) is 0 Å². The minimum atomic E-state index is -0.729. The number of para-hydroxylation sites is 1. The van der Waals surface area contributed by atoms with Crippen molar-refractivity contribution < 1.29 is 14.4 Å². The fourth-order valence-corrected chi connectivity index (χ4v) is 6.16. The fraction of sp³-hybridized carbons (Fsp3) is 0.361. The molecule has 1 aromatic heterocycles. The van der Waals surface area contributed by atoms with E-state index in [1.54, 1.807) is 13.0 Å². The van der Waals surface area contributed by atoms with Gasteiger partial charge in [-0.1, -0.05) is 81.9 Å². The van der Waals surface area contributed by atoms with Gasteiger partial charge in [-0.25, -0.2) is 0 Å². The molecular weight excluding hydrogens is 536 g/mol. The van der Waals surface area contributed by atoms with Gasteiger partial charge in [-0.2, -0.15) is 0 Å². The maximum Gasteiger partial charge on any atom is 0.268 e. The third-order valence-electron chi connectivity index (χ3n) is 8.71. The van der Waals surface area contributed by atoms with Crippen LogP contribution in [0.2, 0.25) is 0 Å². The first-order chi connectivity index (χ1) is 20.2. The Morgan fingerprint density at radius 3 is 2.40 bits per heavy atom. The van der Waals surface area contributed by atoms with Gasteiger partial charge in [0.05, 0.1) is 5.54 Å². The Morgan fingerprint density at radius 1 is 0.977 bits per heavy atom. The third kappa shape index (κ3) is 6.21. The molecule has 7 heteroatoms. The summed E-state index contributed by atoms with van der Waals surface area (Å²) in [6, 6.07) is 24.8. The minimum absolute atomic E-state index is 0. The van der Waals surface area contributed by atoms with Gasteiger partial charge < -0.3 is 20.5 Å². The Bertz CT molecular complexity index is 1580. The first-order valence-corrected chi connectivity index (χ1v) is 14.9. The standard InChI is InChI=1S/C33H34N4O3.C2H6.CH4/c1-20-13-14-23(22-9-5-4-6-10-22)15-26(20)32(40)37-18-25-16-27(25)33(37,3)19-34-30(38)21(2)35-31(39)29-17-24-11-7-8-12-28(24)36-29;1-2;/h4-15,17,21,25,27,36H,16,18-19H2,1-3H3,(H,34,38)(H,35,39);1-2H3;1H4/t21-,25?,27?,33+;;/m0../s1. The SMILES string of the molecule is C.CC.Cc1ccc(-c2ccccc2)cc1C(=O)N1CC2CC2[C@@]1(C)CNC(=O)[C@H](C)NC(=O)c1cc2ccccc2[nH]1. The van der Waals surface area contributed by atoms with E-state index in [1.807, 2.05) is 98.5 Å². The summed E-state index contributed by atoms with van der Waals surface area (Å²) in [6.45, 7) is 10.7. The molecule has 3 aromatic carbocycles. The predicted octanol–water partition coefficient (Wildman–Crippen LogP) is 6.59. The van der Waals surface area contributed by atoms with E-state index in [-0.39, 0.29) is 25.1 Å². The van der Waals surface area contributed by atoms with Crippen molar-refractivity contribution in [2.24, 2.45) is 11.8 Å². The van der Waals surface area contributed by atoms with Gasteiger partial charge in [0.15, 0.2) is 0 Å². The molecular formula is C36H44N4O3. The summed E-state index contributed by atoms with van der Waals surface area (Å²) < 4.78 is 0. The number of hydrogen-bond acceptors (Lipinski definition) is 3. The van der Waals surface area contributed by atoms with Gasteiger partial charge >= 0.3 is 0 Å². The quantitative estimate of drug-likeness (QED) is 0.230. The Kier molecular flexibility index (Phi) is 9.43. The van der Waals surface area contributed by atoms with E-state index >= 15 is 0 Å². The van der Waals surface area contributed by atoms with Gasteiger partial charge in [0.1, 0.15) is 11.7 Å². The number of piperidine rings is 1. The summed E-state index contributed by atoms with van der Waals surface area (Å²) >= 11 is 0. The summed E-state index contributed by atoms with van der Waals surface area (Å²) in [5, 5.41) is 6.77. The average molecular weight is 581 g/mol. The van der Waals surface area contributed by atoms with Gasteiger partial charge in [0, 0.05) is 29.6 Å². The molecule has 226 valence electrons. The Hall–Kier alpha value is -4.39. The highest BCUT2D eigenvalue weighted by Gasteiger charge is 2.61. The molecule has 7 nitrogen and oxygen atoms in total. The second-order valence-corrected chi connectivity index (χ2v) is 11.5. The summed E-state index contributed by atoms with van der Waals surface area (Å²) in [7, 11) is 0. The molecule has 3 amide bonds. The van der Waals surface area contributed by atoms with Gasteiger partial charge in [-0.3, -0.25) is 14.4 Å². The van der Waals surface area contributed by atoms with Crippen LogP contribution in [0.25, 0.3) is 22.0 Å². The first-order valence-electron chi connectivity index (χ1n) is 14.9. The number of hydrogen-bond donors (Lipinski definition) is 3. The maximum atomic E-state index is 13.9. The molecule has 1 saturated heterocycles. The fourth-order valence-electron chi connectivity index (χ4n) is 6.16. The number of nitrogens with zero attached hydrogens (tertiary/aromatic N) is 1. The summed E-state index contributed by atoms with van der Waals surface area (Å²) in [5.74, 6) is 0.204. The number of amides is 3. The number of carbonyl (C=O) groups is 3. The highest BCUT2D eigenvalue weighted by Crippen LogP contribution is 2.55. The van der Waals surface area contributed by atoms with Crippen LogP contribution in [0.4, 0.5) is 0 Å². The molecule has 3 N–H and O–H groups in total. The zero-order valence-corrected chi connectivity index (χ0v) is 25.0. The van der Waals surface area contributed by atoms with Gasteiger partial charge in [0.25, 0.3) is 11.8 Å². The molecule has 2 aliphatic rings. The molecule has 0 spiro atoms. The minimum Gasteiger partial charge on any atom is -0.352 e. The number of fused-ring (bicyclic) bond motifs is 2. The number of benzene rings is 3. The van der Waals surface area contributed by atoms with E-state index in [0.29, 0.717) is 36.2 Å². The lowest BCUT2D eigenvalue weighted by molar-refractivity contribution is -0.123. The smallest absolute Gasteiger partial charge is 0.268 e. The van der Waals surface area contributed by atoms with Crippen molar-refractivity contribution in [3.8, 4) is 11.1 Å². The van der Waals surface area contributed by atoms with Crippen molar-refractivity contribution in [2.75, 3.05) is 13.1 Å². The van der Waals surface area contributed by atoms with Crippen molar-refractivity contribution in [1.29, 1.82) is 0 Å². The molecule has 0 radical (unpaired) electrons. The lowest BCUT2D eigenvalue weighted by Gasteiger charge is -2.39. The molecule has 1 aliphatic carbocycles. The second-order valence-electron chi connectivity index (χ2n) is 11.5. The highest BCUT2D eigenvalue weighted by molar-refractivity contribution is 6.00. The van der Waals surface area contributed by atoms with Crippen LogP contribution in [-0.2, 0) is 4.79 Å².